The number of ether oxygens (including phenoxy) is 1. The molecule has 1 saturated heterocycles. The smallest absolute Gasteiger partial charge is 0.363 e. The summed E-state index contributed by atoms with van der Waals surface area (Å²) in [5.74, 6) is -4.83. The number of nitrogen functional groups attached to an aromatic ring is 1. The molecule has 0 saturated carbocycles. The number of non-ortho nitro benzene ring substituents is 1. The molecule has 1 fully saturated rings. The zero-order valence-corrected chi connectivity index (χ0v) is 22.2. The Morgan fingerprint density at radius 1 is 1.30 bits per heavy atom. The predicted molar refractivity (Wildman–Crippen MR) is 134 cm³/mol. The third kappa shape index (κ3) is 6.47. The van der Waals surface area contributed by atoms with Gasteiger partial charge in [-0.1, -0.05) is 5.16 Å². The summed E-state index contributed by atoms with van der Waals surface area (Å²) < 4.78 is 36.9. The number of hydrogen-bond donors (Lipinski definition) is 4. The number of primary amides is 1. The van der Waals surface area contributed by atoms with Gasteiger partial charge in [-0.2, -0.15) is 12.7 Å². The van der Waals surface area contributed by atoms with E-state index < -0.39 is 62.3 Å². The molecule has 6 N–H and O–H groups in total. The number of rotatable bonds is 11. The molecule has 1 aliphatic heterocycles. The fourth-order valence-corrected chi connectivity index (χ4v) is 4.59. The highest BCUT2D eigenvalue weighted by atomic mass is 32.2. The molecule has 0 radical (unpaired) electrons. The van der Waals surface area contributed by atoms with E-state index in [1.807, 2.05) is 0 Å². The van der Waals surface area contributed by atoms with Gasteiger partial charge < -0.3 is 26.4 Å². The number of carbonyl (C=O) groups is 4. The maximum atomic E-state index is 13.0. The Kier molecular flexibility index (Phi) is 8.36. The fourth-order valence-electron chi connectivity index (χ4n) is 3.18. The van der Waals surface area contributed by atoms with Crippen LogP contribution in [0.1, 0.15) is 25.1 Å². The second-order valence-corrected chi connectivity index (χ2v) is 10.7. The Morgan fingerprint density at radius 3 is 2.42 bits per heavy atom. The van der Waals surface area contributed by atoms with Crippen LogP contribution < -0.4 is 16.8 Å². The number of esters is 1. The highest BCUT2D eigenvalue weighted by Crippen LogP contribution is 2.24. The van der Waals surface area contributed by atoms with Crippen molar-refractivity contribution in [2.24, 2.45) is 10.9 Å². The average molecular weight is 600 g/mol. The third-order valence-corrected chi connectivity index (χ3v) is 6.81. The van der Waals surface area contributed by atoms with Gasteiger partial charge in [0.05, 0.1) is 4.92 Å². The molecule has 1 aromatic carbocycles. The molecule has 20 heteroatoms. The van der Waals surface area contributed by atoms with Gasteiger partial charge in [0.25, 0.3) is 17.5 Å². The van der Waals surface area contributed by atoms with Crippen molar-refractivity contribution in [1.82, 2.24) is 14.6 Å². The van der Waals surface area contributed by atoms with Crippen LogP contribution in [0.15, 0.2) is 34.8 Å². The summed E-state index contributed by atoms with van der Waals surface area (Å²) in [5, 5.41) is 17.8. The number of benzene rings is 1. The Labute approximate surface area is 228 Å². The van der Waals surface area contributed by atoms with Crippen LogP contribution in [0.2, 0.25) is 0 Å². The molecule has 0 bridgehead atoms. The van der Waals surface area contributed by atoms with Gasteiger partial charge in [-0.05, 0) is 31.5 Å². The molecule has 1 aliphatic rings. The van der Waals surface area contributed by atoms with Gasteiger partial charge in [-0.25, -0.2) is 9.78 Å². The zero-order valence-electron chi connectivity index (χ0n) is 20.5. The van der Waals surface area contributed by atoms with Gasteiger partial charge in [0.1, 0.15) is 18.3 Å². The molecular formula is C20H21N7O11S2. The van der Waals surface area contributed by atoms with E-state index in [2.05, 4.69) is 15.5 Å². The van der Waals surface area contributed by atoms with Crippen molar-refractivity contribution >= 4 is 61.9 Å². The lowest BCUT2D eigenvalue weighted by Crippen LogP contribution is -2.75. The molecule has 1 aromatic heterocycles. The number of hydrogen-bond acceptors (Lipinski definition) is 14. The largest absolute Gasteiger partial charge is 0.458 e. The number of oxime groups is 1. The van der Waals surface area contributed by atoms with E-state index in [4.69, 9.17) is 25.6 Å². The van der Waals surface area contributed by atoms with E-state index >= 15 is 0 Å². The summed E-state index contributed by atoms with van der Waals surface area (Å²) in [6, 6.07) is 1.51. The first-order valence-corrected chi connectivity index (χ1v) is 13.1. The van der Waals surface area contributed by atoms with Gasteiger partial charge >= 0.3 is 16.3 Å². The SMILES string of the molecule is CC(C)(ON=C(C(=O)N[C@H]1C(=O)N(S(=O)(=O)O)[C@H]1C(N)=O)c1csc(N)n1)C(=O)OCc1ccc([N+](=O)[O-])cc1. The molecule has 40 heavy (non-hydrogen) atoms. The number of nitrogens with zero attached hydrogens (tertiary/aromatic N) is 4. The maximum absolute atomic E-state index is 13.0. The number of nitrogens with one attached hydrogen (secondary N) is 1. The van der Waals surface area contributed by atoms with Gasteiger partial charge in [0.2, 0.25) is 11.5 Å². The third-order valence-electron chi connectivity index (χ3n) is 5.23. The summed E-state index contributed by atoms with van der Waals surface area (Å²) in [5.41, 5.74) is 8.42. The number of anilines is 1. The lowest BCUT2D eigenvalue weighted by molar-refractivity contribution is -0.384. The van der Waals surface area contributed by atoms with Crippen molar-refractivity contribution in [1.29, 1.82) is 0 Å². The van der Waals surface area contributed by atoms with Crippen LogP contribution in [-0.4, -0.2) is 74.3 Å². The first-order chi connectivity index (χ1) is 18.5. The molecule has 0 unspecified atom stereocenters. The van der Waals surface area contributed by atoms with Gasteiger partial charge in [-0.3, -0.25) is 29.1 Å². The number of nitrogens with two attached hydrogens (primary N) is 2. The van der Waals surface area contributed by atoms with Crippen LogP contribution in [-0.2, 0) is 45.7 Å². The minimum atomic E-state index is -5.15. The molecule has 3 rings (SSSR count). The van der Waals surface area contributed by atoms with Crippen molar-refractivity contribution < 1.29 is 46.6 Å². The van der Waals surface area contributed by atoms with E-state index in [0.717, 1.165) is 11.3 Å². The van der Waals surface area contributed by atoms with E-state index in [1.165, 1.54) is 43.5 Å². The van der Waals surface area contributed by atoms with Gasteiger partial charge in [0.15, 0.2) is 16.9 Å². The summed E-state index contributed by atoms with van der Waals surface area (Å²) in [6.45, 7) is 2.23. The van der Waals surface area contributed by atoms with Crippen LogP contribution >= 0.6 is 11.3 Å². The van der Waals surface area contributed by atoms with Gasteiger partial charge in [-0.15, -0.1) is 11.3 Å². The maximum Gasteiger partial charge on any atom is 0.363 e. The summed E-state index contributed by atoms with van der Waals surface area (Å²) in [4.78, 5) is 68.9. The second-order valence-electron chi connectivity index (χ2n) is 8.52. The predicted octanol–water partition coefficient (Wildman–Crippen LogP) is -1.14. The normalized spacial score (nSPS) is 17.5. The quantitative estimate of drug-likeness (QED) is 0.0594. The van der Waals surface area contributed by atoms with Crippen LogP contribution in [0, 0.1) is 10.1 Å². The molecule has 0 spiro atoms. The molecule has 214 valence electrons. The molecular weight excluding hydrogens is 578 g/mol. The highest BCUT2D eigenvalue weighted by molar-refractivity contribution is 7.84. The molecule has 2 heterocycles. The van der Waals surface area contributed by atoms with Crippen LogP contribution in [0.3, 0.4) is 0 Å². The number of carbonyl (C=O) groups excluding carboxylic acids is 4. The van der Waals surface area contributed by atoms with E-state index in [1.54, 1.807) is 0 Å². The number of thiazole rings is 1. The topological polar surface area (TPSA) is 277 Å². The number of β-lactam (4-membered cyclic amide) rings is 1. The summed E-state index contributed by atoms with van der Waals surface area (Å²) in [7, 11) is -5.15. The van der Waals surface area contributed by atoms with Crippen molar-refractivity contribution in [3.63, 3.8) is 0 Å². The Bertz CT molecular complexity index is 1500. The molecule has 0 aliphatic carbocycles. The Morgan fingerprint density at radius 2 is 1.93 bits per heavy atom. The molecule has 3 amide bonds. The van der Waals surface area contributed by atoms with Crippen molar-refractivity contribution in [3.05, 3.63) is 51.0 Å². The Balaban J connectivity index is 1.77. The first-order valence-electron chi connectivity index (χ1n) is 10.8. The van der Waals surface area contributed by atoms with Crippen LogP contribution in [0.4, 0.5) is 10.8 Å². The number of nitro benzene ring substituents is 1. The standard InChI is InChI=1S/C20H21N7O11S2/c1-20(2,18(31)37-7-9-3-5-10(6-4-9)27(32)33)38-25-12(11-8-39-19(22)23-11)16(29)24-13-14(15(21)28)26(17(13)30)40(34,35)36/h3-6,8,13-14H,7H2,1-2H3,(H2,21,28)(H2,22,23)(H,24,29)(H,34,35,36)/t13-,14-/m1/s1. The van der Waals surface area contributed by atoms with Crippen molar-refractivity contribution in [2.75, 3.05) is 5.73 Å². The van der Waals surface area contributed by atoms with Gasteiger partial charge in [0, 0.05) is 17.5 Å². The van der Waals surface area contributed by atoms with E-state index in [-0.39, 0.29) is 27.4 Å². The lowest BCUT2D eigenvalue weighted by atomic mass is 9.98. The van der Waals surface area contributed by atoms with E-state index in [9.17, 15) is 37.7 Å². The summed E-state index contributed by atoms with van der Waals surface area (Å²) >= 11 is 0.902. The fraction of sp³-hybridized carbons (Fsp3) is 0.300. The average Bonchev–Trinajstić information content (AvgIpc) is 3.28. The molecule has 2 aromatic rings. The number of nitro groups is 1. The zero-order chi connectivity index (χ0) is 30.0. The minimum absolute atomic E-state index is 0.00421. The van der Waals surface area contributed by atoms with Crippen LogP contribution in [0.5, 0.6) is 0 Å². The number of amides is 3. The van der Waals surface area contributed by atoms with Crippen molar-refractivity contribution in [2.45, 2.75) is 38.1 Å². The lowest BCUT2D eigenvalue weighted by Gasteiger charge is -2.41. The summed E-state index contributed by atoms with van der Waals surface area (Å²) in [6.07, 6.45) is 0. The molecule has 2 atom stereocenters. The highest BCUT2D eigenvalue weighted by Gasteiger charge is 2.57. The van der Waals surface area contributed by atoms with E-state index in [0.29, 0.717) is 5.56 Å². The van der Waals surface area contributed by atoms with Crippen LogP contribution in [0.25, 0.3) is 0 Å². The Hall–Kier alpha value is -4.69. The van der Waals surface area contributed by atoms with Crippen molar-refractivity contribution in [3.8, 4) is 0 Å². The monoisotopic (exact) mass is 599 g/mol. The minimum Gasteiger partial charge on any atom is -0.458 e. The first kappa shape index (κ1) is 29.9. The molecule has 18 nitrogen and oxygen atoms in total. The second kappa shape index (κ2) is 11.2. The number of aromatic nitrogens is 1.